The summed E-state index contributed by atoms with van der Waals surface area (Å²) in [4.78, 5) is 0. The molecule has 2 heteroatoms. The van der Waals surface area contributed by atoms with Gasteiger partial charge in [-0.05, 0) is 38.7 Å². The van der Waals surface area contributed by atoms with Crippen LogP contribution in [0.1, 0.15) is 56.7 Å². The van der Waals surface area contributed by atoms with E-state index >= 15 is 0 Å². The molecule has 1 aromatic carbocycles. The molecule has 1 heterocycles. The smallest absolute Gasteiger partial charge is 0.0589 e. The lowest BCUT2D eigenvalue weighted by molar-refractivity contribution is -0.00472. The molecular formula is C17H27NO. The van der Waals surface area contributed by atoms with Gasteiger partial charge in [0, 0.05) is 18.7 Å². The summed E-state index contributed by atoms with van der Waals surface area (Å²) in [6.07, 6.45) is 5.16. The molecule has 0 radical (unpaired) electrons. The lowest BCUT2D eigenvalue weighted by Gasteiger charge is -2.32. The average Bonchev–Trinajstić information content (AvgIpc) is 2.40. The number of benzene rings is 1. The number of ether oxygens (including phenoxy) is 1. The largest absolute Gasteiger partial charge is 0.378 e. The summed E-state index contributed by atoms with van der Waals surface area (Å²) in [5.41, 5.74) is 2.70. The van der Waals surface area contributed by atoms with Crippen molar-refractivity contribution < 1.29 is 4.74 Å². The molecule has 1 N–H and O–H groups in total. The summed E-state index contributed by atoms with van der Waals surface area (Å²) in [7, 11) is 0. The normalized spacial score (nSPS) is 25.2. The van der Waals surface area contributed by atoms with Gasteiger partial charge < -0.3 is 10.1 Å². The minimum atomic E-state index is 0.422. The van der Waals surface area contributed by atoms with Crippen LogP contribution in [0.2, 0.25) is 0 Å². The Morgan fingerprint density at radius 3 is 2.74 bits per heavy atom. The van der Waals surface area contributed by atoms with Crippen LogP contribution in [-0.2, 0) is 4.74 Å². The van der Waals surface area contributed by atoms with Crippen LogP contribution in [0.15, 0.2) is 24.3 Å². The van der Waals surface area contributed by atoms with Crippen molar-refractivity contribution in [2.45, 2.75) is 64.6 Å². The van der Waals surface area contributed by atoms with Crippen LogP contribution < -0.4 is 5.32 Å². The Kier molecular flexibility index (Phi) is 5.41. The molecule has 2 nitrogen and oxygen atoms in total. The predicted octanol–water partition coefficient (Wildman–Crippen LogP) is 3.99. The minimum absolute atomic E-state index is 0.422. The van der Waals surface area contributed by atoms with Gasteiger partial charge in [-0.25, -0.2) is 0 Å². The highest BCUT2D eigenvalue weighted by atomic mass is 16.5. The van der Waals surface area contributed by atoms with Crippen LogP contribution in [0.5, 0.6) is 0 Å². The van der Waals surface area contributed by atoms with Gasteiger partial charge in [0.25, 0.3) is 0 Å². The van der Waals surface area contributed by atoms with E-state index in [-0.39, 0.29) is 0 Å². The summed E-state index contributed by atoms with van der Waals surface area (Å²) >= 11 is 0. The van der Waals surface area contributed by atoms with Crippen molar-refractivity contribution in [1.82, 2.24) is 5.32 Å². The molecule has 19 heavy (non-hydrogen) atoms. The first-order valence-corrected chi connectivity index (χ1v) is 7.63. The summed E-state index contributed by atoms with van der Waals surface area (Å²) in [6.45, 7) is 7.53. The quantitative estimate of drug-likeness (QED) is 0.865. The number of rotatable bonds is 5. The predicted molar refractivity (Wildman–Crippen MR) is 80.4 cm³/mol. The van der Waals surface area contributed by atoms with Crippen molar-refractivity contribution in [3.63, 3.8) is 0 Å². The maximum Gasteiger partial charge on any atom is 0.0589 e. The summed E-state index contributed by atoms with van der Waals surface area (Å²) in [6, 6.07) is 9.87. The molecule has 0 aliphatic carbocycles. The topological polar surface area (TPSA) is 21.3 Å². The van der Waals surface area contributed by atoms with Crippen molar-refractivity contribution in [2.24, 2.45) is 0 Å². The molecule has 1 aliphatic rings. The van der Waals surface area contributed by atoms with Crippen molar-refractivity contribution in [2.75, 3.05) is 6.61 Å². The second kappa shape index (κ2) is 7.06. The standard InChI is InChI=1S/C17H27NO/c1-4-5-17-12-16(10-11-19-17)18-14(3)15-8-6-13(2)7-9-15/h6-9,14,16-18H,4-5,10-12H2,1-3H3/t14-,16?,17?/m1/s1. The van der Waals surface area contributed by atoms with E-state index < -0.39 is 0 Å². The summed E-state index contributed by atoms with van der Waals surface area (Å²) in [5.74, 6) is 0. The van der Waals surface area contributed by atoms with E-state index in [1.165, 1.54) is 24.0 Å². The molecular weight excluding hydrogens is 234 g/mol. The molecule has 1 aliphatic heterocycles. The Labute approximate surface area is 117 Å². The average molecular weight is 261 g/mol. The zero-order valence-electron chi connectivity index (χ0n) is 12.5. The van der Waals surface area contributed by atoms with Gasteiger partial charge in [0.15, 0.2) is 0 Å². The highest BCUT2D eigenvalue weighted by molar-refractivity contribution is 5.23. The van der Waals surface area contributed by atoms with Gasteiger partial charge in [-0.1, -0.05) is 43.2 Å². The molecule has 0 bridgehead atoms. The second-order valence-corrected chi connectivity index (χ2v) is 5.80. The van der Waals surface area contributed by atoms with E-state index in [0.717, 1.165) is 19.4 Å². The first kappa shape index (κ1) is 14.5. The fraction of sp³-hybridized carbons (Fsp3) is 0.647. The molecule has 106 valence electrons. The Morgan fingerprint density at radius 1 is 1.32 bits per heavy atom. The van der Waals surface area contributed by atoms with Gasteiger partial charge >= 0.3 is 0 Å². The highest BCUT2D eigenvalue weighted by Gasteiger charge is 2.23. The Hall–Kier alpha value is -0.860. The first-order chi connectivity index (χ1) is 9.19. The molecule has 0 spiro atoms. The zero-order chi connectivity index (χ0) is 13.7. The van der Waals surface area contributed by atoms with Crippen LogP contribution in [0, 0.1) is 6.92 Å². The van der Waals surface area contributed by atoms with Gasteiger partial charge in [0.1, 0.15) is 0 Å². The van der Waals surface area contributed by atoms with Crippen molar-refractivity contribution in [1.29, 1.82) is 0 Å². The number of nitrogens with one attached hydrogen (secondary N) is 1. The van der Waals surface area contributed by atoms with Crippen LogP contribution in [-0.4, -0.2) is 18.8 Å². The molecule has 3 atom stereocenters. The Morgan fingerprint density at radius 2 is 2.05 bits per heavy atom. The lowest BCUT2D eigenvalue weighted by Crippen LogP contribution is -2.40. The van der Waals surface area contributed by atoms with E-state index in [4.69, 9.17) is 4.74 Å². The van der Waals surface area contributed by atoms with Crippen molar-refractivity contribution in [3.05, 3.63) is 35.4 Å². The van der Waals surface area contributed by atoms with Crippen molar-refractivity contribution >= 4 is 0 Å². The summed E-state index contributed by atoms with van der Waals surface area (Å²) in [5, 5.41) is 3.76. The van der Waals surface area contributed by atoms with Gasteiger partial charge in [-0.15, -0.1) is 0 Å². The summed E-state index contributed by atoms with van der Waals surface area (Å²) < 4.78 is 5.81. The van der Waals surface area contributed by atoms with Gasteiger partial charge in [-0.3, -0.25) is 0 Å². The first-order valence-electron chi connectivity index (χ1n) is 7.63. The van der Waals surface area contributed by atoms with Crippen LogP contribution in [0.4, 0.5) is 0 Å². The van der Waals surface area contributed by atoms with Crippen LogP contribution in [0.3, 0.4) is 0 Å². The Balaban J connectivity index is 1.87. The molecule has 0 amide bonds. The third kappa shape index (κ3) is 4.32. The number of aryl methyl sites for hydroxylation is 1. The SMILES string of the molecule is CCCC1CC(N[C@H](C)c2ccc(C)cc2)CCO1. The van der Waals surface area contributed by atoms with E-state index in [2.05, 4.69) is 50.4 Å². The second-order valence-electron chi connectivity index (χ2n) is 5.80. The third-order valence-corrected chi connectivity index (χ3v) is 4.04. The molecule has 0 aromatic heterocycles. The highest BCUT2D eigenvalue weighted by Crippen LogP contribution is 2.21. The fourth-order valence-corrected chi connectivity index (χ4v) is 2.86. The lowest BCUT2D eigenvalue weighted by atomic mass is 9.98. The molecule has 2 rings (SSSR count). The number of hydrogen-bond donors (Lipinski definition) is 1. The molecule has 1 aromatic rings. The zero-order valence-corrected chi connectivity index (χ0v) is 12.5. The Bertz CT molecular complexity index is 371. The molecule has 0 saturated carbocycles. The third-order valence-electron chi connectivity index (χ3n) is 4.04. The van der Waals surface area contributed by atoms with Crippen LogP contribution >= 0.6 is 0 Å². The molecule has 2 unspecified atom stereocenters. The fourth-order valence-electron chi connectivity index (χ4n) is 2.86. The monoisotopic (exact) mass is 261 g/mol. The van der Waals surface area contributed by atoms with Crippen LogP contribution in [0.25, 0.3) is 0 Å². The van der Waals surface area contributed by atoms with Gasteiger partial charge in [0.2, 0.25) is 0 Å². The van der Waals surface area contributed by atoms with Crippen molar-refractivity contribution in [3.8, 4) is 0 Å². The molecule has 1 saturated heterocycles. The van der Waals surface area contributed by atoms with Gasteiger partial charge in [-0.2, -0.15) is 0 Å². The van der Waals surface area contributed by atoms with E-state index in [1.54, 1.807) is 0 Å². The van der Waals surface area contributed by atoms with E-state index in [9.17, 15) is 0 Å². The van der Waals surface area contributed by atoms with E-state index in [1.807, 2.05) is 0 Å². The molecule has 1 fully saturated rings. The van der Waals surface area contributed by atoms with E-state index in [0.29, 0.717) is 18.2 Å². The number of hydrogen-bond acceptors (Lipinski definition) is 2. The minimum Gasteiger partial charge on any atom is -0.378 e. The van der Waals surface area contributed by atoms with Gasteiger partial charge in [0.05, 0.1) is 6.10 Å². The maximum atomic E-state index is 5.81. The maximum absolute atomic E-state index is 5.81.